The van der Waals surface area contributed by atoms with Gasteiger partial charge in [-0.3, -0.25) is 0 Å². The minimum absolute atomic E-state index is 0.122. The quantitative estimate of drug-likeness (QED) is 0.379. The predicted octanol–water partition coefficient (Wildman–Crippen LogP) is 5.76. The predicted molar refractivity (Wildman–Crippen MR) is 130 cm³/mol. The van der Waals surface area contributed by atoms with Gasteiger partial charge in [0.1, 0.15) is 0 Å². The molecule has 0 saturated heterocycles. The highest BCUT2D eigenvalue weighted by atomic mass is 16.3. The van der Waals surface area contributed by atoms with E-state index in [1.54, 1.807) is 0 Å². The number of aliphatic hydroxyl groups is 2. The van der Waals surface area contributed by atoms with Gasteiger partial charge >= 0.3 is 0 Å². The number of aliphatic hydroxyl groups excluding tert-OH is 2. The molecule has 4 unspecified atom stereocenters. The van der Waals surface area contributed by atoms with Crippen LogP contribution in [0, 0.1) is 37.5 Å². The zero-order valence-electron chi connectivity index (χ0n) is 22.8. The molecule has 0 aromatic heterocycles. The maximum absolute atomic E-state index is 9.57. The Hall–Kier alpha value is -0.900. The molecule has 0 radical (unpaired) electrons. The van der Waals surface area contributed by atoms with Gasteiger partial charge in [0.05, 0.1) is 21.5 Å². The van der Waals surface area contributed by atoms with Crippen LogP contribution < -0.4 is 5.73 Å². The minimum atomic E-state index is -1.08. The number of benzene rings is 1. The van der Waals surface area contributed by atoms with Crippen molar-refractivity contribution in [2.75, 3.05) is 13.2 Å². The molecular weight excluding hydrogens is 370 g/mol. The first kappa shape index (κ1) is 23.8. The van der Waals surface area contributed by atoms with Crippen LogP contribution >= 0.6 is 0 Å². The van der Waals surface area contributed by atoms with Crippen molar-refractivity contribution in [3.63, 3.8) is 0 Å². The lowest BCUT2D eigenvalue weighted by Gasteiger charge is -2.29. The third-order valence-electron chi connectivity index (χ3n) is 6.64. The highest BCUT2D eigenvalue weighted by molar-refractivity contribution is 5.41. The zero-order chi connectivity index (χ0) is 24.8. The molecule has 1 rings (SSSR count). The van der Waals surface area contributed by atoms with E-state index in [1.807, 2.05) is 13.8 Å². The van der Waals surface area contributed by atoms with E-state index in [0.717, 1.165) is 46.9 Å². The fourth-order valence-corrected chi connectivity index (χ4v) is 5.15. The van der Waals surface area contributed by atoms with Gasteiger partial charge in [0.25, 0.3) is 0 Å². The molecule has 0 fully saturated rings. The van der Waals surface area contributed by atoms with Crippen LogP contribution in [0.25, 0.3) is 0 Å². The highest BCUT2D eigenvalue weighted by Gasteiger charge is 2.27. The molecule has 1 aromatic rings. The molecule has 3 heteroatoms. The molecule has 4 atom stereocenters. The second-order valence-corrected chi connectivity index (χ2v) is 10.8. The zero-order valence-corrected chi connectivity index (χ0v) is 20.8. The van der Waals surface area contributed by atoms with Gasteiger partial charge in [-0.15, -0.1) is 0 Å². The minimum Gasteiger partial charge on any atom is -0.394 e. The van der Waals surface area contributed by atoms with Crippen LogP contribution in [0.3, 0.4) is 0 Å². The number of rotatable bonds is 13. The molecule has 0 aliphatic rings. The highest BCUT2D eigenvalue weighted by Crippen LogP contribution is 2.32. The third-order valence-corrected chi connectivity index (χ3v) is 6.64. The molecule has 3 nitrogen and oxygen atoms in total. The molecule has 1 aromatic carbocycles. The lowest BCUT2D eigenvalue weighted by molar-refractivity contribution is 0.110. The molecule has 0 amide bonds. The molecule has 0 bridgehead atoms. The lowest BCUT2D eigenvalue weighted by atomic mass is 9.81. The van der Waals surface area contributed by atoms with Gasteiger partial charge < -0.3 is 15.9 Å². The second-order valence-electron chi connectivity index (χ2n) is 10.8. The summed E-state index contributed by atoms with van der Waals surface area (Å²) in [5.41, 5.74) is 8.96. The first-order valence-electron chi connectivity index (χ1n) is 12.9. The topological polar surface area (TPSA) is 66.5 Å². The molecule has 0 heterocycles. The van der Waals surface area contributed by atoms with Crippen molar-refractivity contribution in [3.8, 4) is 0 Å². The van der Waals surface area contributed by atoms with Gasteiger partial charge in [0, 0.05) is 0 Å². The Kier molecular flexibility index (Phi) is 9.67. The number of hydrogen-bond donors (Lipinski definition) is 3. The fourth-order valence-electron chi connectivity index (χ4n) is 5.15. The van der Waals surface area contributed by atoms with Gasteiger partial charge in [0.15, 0.2) is 0 Å². The summed E-state index contributed by atoms with van der Waals surface area (Å²) < 4.78 is 17.5. The smallest absolute Gasteiger partial charge is 0.0633 e. The van der Waals surface area contributed by atoms with E-state index < -0.39 is 5.54 Å². The summed E-state index contributed by atoms with van der Waals surface area (Å²) in [6, 6.07) is 0.581. The van der Waals surface area contributed by atoms with Crippen molar-refractivity contribution in [2.24, 2.45) is 29.4 Å². The maximum Gasteiger partial charge on any atom is 0.0633 e. The van der Waals surface area contributed by atoms with E-state index in [2.05, 4.69) is 41.5 Å². The number of hydrogen-bond acceptors (Lipinski definition) is 3. The van der Waals surface area contributed by atoms with Gasteiger partial charge in [0.2, 0.25) is 0 Å². The molecule has 0 aliphatic carbocycles. The average Bonchev–Trinajstić information content (AvgIpc) is 2.68. The molecule has 0 spiro atoms. The van der Waals surface area contributed by atoms with Crippen LogP contribution in [0.1, 0.15) is 98.1 Å². The summed E-state index contributed by atoms with van der Waals surface area (Å²) in [6.45, 7) is 17.0. The maximum atomic E-state index is 9.57. The van der Waals surface area contributed by atoms with E-state index in [1.165, 1.54) is 12.8 Å². The Morgan fingerprint density at radius 1 is 0.867 bits per heavy atom. The molecule has 30 heavy (non-hydrogen) atoms. The number of nitrogens with two attached hydrogens (primary N) is 1. The van der Waals surface area contributed by atoms with Crippen LogP contribution in [-0.4, -0.2) is 29.0 Å². The van der Waals surface area contributed by atoms with Gasteiger partial charge in [-0.1, -0.05) is 53.6 Å². The van der Waals surface area contributed by atoms with E-state index in [-0.39, 0.29) is 25.2 Å². The monoisotopic (exact) mass is 421 g/mol. The summed E-state index contributed by atoms with van der Waals surface area (Å²) >= 11 is 0. The SMILES string of the molecule is [2H]c1c([2H])c(C(C)CC(N)(CO)CO)c(C)c(C)c1CC(C)CC(C)CC(C)CC(C)C. The Morgan fingerprint density at radius 2 is 1.40 bits per heavy atom. The normalized spacial score (nSPS) is 17.5. The van der Waals surface area contributed by atoms with Crippen molar-refractivity contribution in [1.82, 2.24) is 0 Å². The first-order chi connectivity index (χ1) is 14.8. The van der Waals surface area contributed by atoms with Crippen LogP contribution in [0.4, 0.5) is 0 Å². The Balaban J connectivity index is 3.02. The Bertz CT molecular complexity index is 702. The summed E-state index contributed by atoms with van der Waals surface area (Å²) in [5, 5.41) is 19.1. The van der Waals surface area contributed by atoms with E-state index in [4.69, 9.17) is 8.48 Å². The van der Waals surface area contributed by atoms with Gasteiger partial charge in [-0.05, 0) is 97.8 Å². The fraction of sp³-hybridized carbons (Fsp3) is 0.778. The molecule has 174 valence electrons. The van der Waals surface area contributed by atoms with Crippen LogP contribution in [-0.2, 0) is 6.42 Å². The summed E-state index contributed by atoms with van der Waals surface area (Å²) in [5.74, 6) is 2.46. The van der Waals surface area contributed by atoms with Crippen molar-refractivity contribution in [3.05, 3.63) is 34.3 Å². The molecule has 4 N–H and O–H groups in total. The summed E-state index contributed by atoms with van der Waals surface area (Å²) in [7, 11) is 0. The van der Waals surface area contributed by atoms with Gasteiger partial charge in [-0.25, -0.2) is 0 Å². The Morgan fingerprint density at radius 3 is 1.93 bits per heavy atom. The van der Waals surface area contributed by atoms with Crippen molar-refractivity contribution >= 4 is 0 Å². The Labute approximate surface area is 189 Å². The van der Waals surface area contributed by atoms with Crippen LogP contribution in [0.2, 0.25) is 0 Å². The van der Waals surface area contributed by atoms with E-state index in [0.29, 0.717) is 24.3 Å². The first-order valence-corrected chi connectivity index (χ1v) is 11.9. The van der Waals surface area contributed by atoms with E-state index >= 15 is 0 Å². The average molecular weight is 422 g/mol. The largest absolute Gasteiger partial charge is 0.394 e. The van der Waals surface area contributed by atoms with Crippen molar-refractivity contribution < 1.29 is 13.0 Å². The lowest BCUT2D eigenvalue weighted by Crippen LogP contribution is -2.48. The summed E-state index contributed by atoms with van der Waals surface area (Å²) in [6.07, 6.45) is 4.84. The van der Waals surface area contributed by atoms with E-state index in [9.17, 15) is 10.2 Å². The summed E-state index contributed by atoms with van der Waals surface area (Å²) in [4.78, 5) is 0. The van der Waals surface area contributed by atoms with Gasteiger partial charge in [-0.2, -0.15) is 0 Å². The van der Waals surface area contributed by atoms with Crippen LogP contribution in [0.15, 0.2) is 12.1 Å². The second kappa shape index (κ2) is 12.2. The van der Waals surface area contributed by atoms with Crippen molar-refractivity contribution in [2.45, 2.75) is 99.0 Å². The molecule has 0 saturated carbocycles. The van der Waals surface area contributed by atoms with Crippen LogP contribution in [0.5, 0.6) is 0 Å². The molecule has 0 aliphatic heterocycles. The third kappa shape index (κ3) is 8.32. The van der Waals surface area contributed by atoms with Crippen molar-refractivity contribution in [1.29, 1.82) is 0 Å². The standard InChI is InChI=1S/C27H49NO2/c1-18(2)11-19(3)12-20(4)13-21(5)14-25-9-10-26(24(8)23(25)7)22(6)15-27(28,16-29)17-30/h9-10,18-22,29-30H,11-17,28H2,1-8H3/i9D,10D. The molecular formula is C27H49NO2.